The highest BCUT2D eigenvalue weighted by molar-refractivity contribution is 5.92. The SMILES string of the molecule is COc1ccccc1NC(=O)CCc1nc(-c2cccc(C)c2)no1. The minimum atomic E-state index is -0.139. The maximum absolute atomic E-state index is 12.1. The van der Waals surface area contributed by atoms with Crippen molar-refractivity contribution in [3.63, 3.8) is 0 Å². The van der Waals surface area contributed by atoms with Gasteiger partial charge in [0.25, 0.3) is 0 Å². The molecule has 0 saturated heterocycles. The molecule has 0 fully saturated rings. The van der Waals surface area contributed by atoms with Crippen LogP contribution in [0.25, 0.3) is 11.4 Å². The van der Waals surface area contributed by atoms with E-state index in [1.165, 1.54) is 0 Å². The molecule has 0 aliphatic rings. The van der Waals surface area contributed by atoms with Gasteiger partial charge in [-0.2, -0.15) is 4.98 Å². The van der Waals surface area contributed by atoms with Gasteiger partial charge in [-0.15, -0.1) is 0 Å². The van der Waals surface area contributed by atoms with E-state index in [-0.39, 0.29) is 12.3 Å². The van der Waals surface area contributed by atoms with Crippen LogP contribution in [-0.2, 0) is 11.2 Å². The molecular weight excluding hydrogens is 318 g/mol. The molecule has 0 aliphatic heterocycles. The number of benzene rings is 2. The van der Waals surface area contributed by atoms with Crippen LogP contribution in [0, 0.1) is 6.92 Å². The van der Waals surface area contributed by atoms with Crippen LogP contribution >= 0.6 is 0 Å². The number of aryl methyl sites for hydroxylation is 2. The van der Waals surface area contributed by atoms with Crippen LogP contribution < -0.4 is 10.1 Å². The van der Waals surface area contributed by atoms with Crippen molar-refractivity contribution in [1.82, 2.24) is 10.1 Å². The molecule has 0 aliphatic carbocycles. The number of methoxy groups -OCH3 is 1. The zero-order chi connectivity index (χ0) is 17.6. The molecule has 0 saturated carbocycles. The van der Waals surface area contributed by atoms with Crippen LogP contribution in [0.4, 0.5) is 5.69 Å². The van der Waals surface area contributed by atoms with Crippen molar-refractivity contribution in [1.29, 1.82) is 0 Å². The smallest absolute Gasteiger partial charge is 0.227 e. The Morgan fingerprint density at radius 1 is 1.20 bits per heavy atom. The lowest BCUT2D eigenvalue weighted by Gasteiger charge is -2.08. The molecule has 25 heavy (non-hydrogen) atoms. The Kier molecular flexibility index (Phi) is 5.09. The predicted molar refractivity (Wildman–Crippen MR) is 94.4 cm³/mol. The molecule has 1 N–H and O–H groups in total. The van der Waals surface area contributed by atoms with E-state index in [9.17, 15) is 4.79 Å². The normalized spacial score (nSPS) is 10.5. The van der Waals surface area contributed by atoms with Crippen LogP contribution in [0.1, 0.15) is 17.9 Å². The van der Waals surface area contributed by atoms with Gasteiger partial charge >= 0.3 is 0 Å². The topological polar surface area (TPSA) is 77.2 Å². The largest absolute Gasteiger partial charge is 0.495 e. The summed E-state index contributed by atoms with van der Waals surface area (Å²) in [4.78, 5) is 16.5. The van der Waals surface area contributed by atoms with Crippen molar-refractivity contribution in [2.75, 3.05) is 12.4 Å². The molecule has 3 rings (SSSR count). The zero-order valence-corrected chi connectivity index (χ0v) is 14.2. The average Bonchev–Trinajstić information content (AvgIpc) is 3.09. The molecule has 0 bridgehead atoms. The predicted octanol–water partition coefficient (Wildman–Crippen LogP) is 3.62. The van der Waals surface area contributed by atoms with Crippen molar-refractivity contribution in [2.45, 2.75) is 19.8 Å². The van der Waals surface area contributed by atoms with Gasteiger partial charge in [-0.05, 0) is 25.1 Å². The molecule has 6 nitrogen and oxygen atoms in total. The Morgan fingerprint density at radius 3 is 2.84 bits per heavy atom. The highest BCUT2D eigenvalue weighted by Gasteiger charge is 2.12. The summed E-state index contributed by atoms with van der Waals surface area (Å²) in [5, 5.41) is 6.80. The second-order valence-corrected chi connectivity index (χ2v) is 5.63. The van der Waals surface area contributed by atoms with Gasteiger partial charge in [0, 0.05) is 18.4 Å². The van der Waals surface area contributed by atoms with Crippen LogP contribution in [0.15, 0.2) is 53.1 Å². The second kappa shape index (κ2) is 7.61. The molecule has 1 aromatic heterocycles. The van der Waals surface area contributed by atoms with Gasteiger partial charge in [0.15, 0.2) is 0 Å². The molecule has 0 unspecified atom stereocenters. The first-order chi connectivity index (χ1) is 12.2. The summed E-state index contributed by atoms with van der Waals surface area (Å²) in [6.45, 7) is 2.01. The van der Waals surface area contributed by atoms with Gasteiger partial charge in [-0.25, -0.2) is 0 Å². The fourth-order valence-electron chi connectivity index (χ4n) is 2.44. The van der Waals surface area contributed by atoms with Gasteiger partial charge < -0.3 is 14.6 Å². The summed E-state index contributed by atoms with van der Waals surface area (Å²) < 4.78 is 10.5. The fraction of sp³-hybridized carbons (Fsp3) is 0.211. The molecule has 6 heteroatoms. The molecular formula is C19H19N3O3. The highest BCUT2D eigenvalue weighted by atomic mass is 16.5. The summed E-state index contributed by atoms with van der Waals surface area (Å²) >= 11 is 0. The number of amides is 1. The Balaban J connectivity index is 1.59. The molecule has 1 amide bonds. The Labute approximate surface area is 145 Å². The number of anilines is 1. The van der Waals surface area contributed by atoms with E-state index < -0.39 is 0 Å². The van der Waals surface area contributed by atoms with E-state index >= 15 is 0 Å². The summed E-state index contributed by atoms with van der Waals surface area (Å²) in [6, 6.07) is 15.1. The number of rotatable bonds is 6. The number of ether oxygens (including phenoxy) is 1. The van der Waals surface area contributed by atoms with Crippen molar-refractivity contribution < 1.29 is 14.1 Å². The summed E-state index contributed by atoms with van der Waals surface area (Å²) in [6.07, 6.45) is 0.618. The molecule has 1 heterocycles. The van der Waals surface area contributed by atoms with Crippen LogP contribution in [0.2, 0.25) is 0 Å². The molecule has 2 aromatic carbocycles. The third-order valence-corrected chi connectivity index (χ3v) is 3.69. The van der Waals surface area contributed by atoms with Crippen LogP contribution in [0.3, 0.4) is 0 Å². The van der Waals surface area contributed by atoms with Gasteiger partial charge in [0.1, 0.15) is 5.75 Å². The highest BCUT2D eigenvalue weighted by Crippen LogP contribution is 2.23. The lowest BCUT2D eigenvalue weighted by Crippen LogP contribution is -2.13. The summed E-state index contributed by atoms with van der Waals surface area (Å²) in [5.74, 6) is 1.45. The van der Waals surface area contributed by atoms with E-state index in [0.717, 1.165) is 11.1 Å². The maximum atomic E-state index is 12.1. The minimum Gasteiger partial charge on any atom is -0.495 e. The Morgan fingerprint density at radius 2 is 2.04 bits per heavy atom. The van der Waals surface area contributed by atoms with Crippen LogP contribution in [-0.4, -0.2) is 23.2 Å². The third kappa shape index (κ3) is 4.23. The average molecular weight is 337 g/mol. The summed E-state index contributed by atoms with van der Waals surface area (Å²) in [7, 11) is 1.57. The number of nitrogens with zero attached hydrogens (tertiary/aromatic N) is 2. The second-order valence-electron chi connectivity index (χ2n) is 5.63. The third-order valence-electron chi connectivity index (χ3n) is 3.69. The number of nitrogens with one attached hydrogen (secondary N) is 1. The lowest BCUT2D eigenvalue weighted by atomic mass is 10.1. The van der Waals surface area contributed by atoms with Crippen molar-refractivity contribution in [3.05, 3.63) is 60.0 Å². The first kappa shape index (κ1) is 16.7. The first-order valence-corrected chi connectivity index (χ1v) is 7.98. The Bertz CT molecular complexity index is 874. The molecule has 0 radical (unpaired) electrons. The number of para-hydroxylation sites is 2. The van der Waals surface area contributed by atoms with Gasteiger partial charge in [-0.3, -0.25) is 4.79 Å². The van der Waals surface area contributed by atoms with E-state index in [4.69, 9.17) is 9.26 Å². The number of hydrogen-bond acceptors (Lipinski definition) is 5. The van der Waals surface area contributed by atoms with Crippen LogP contribution in [0.5, 0.6) is 5.75 Å². The number of carbonyl (C=O) groups is 1. The molecule has 0 spiro atoms. The van der Waals surface area contributed by atoms with Gasteiger partial charge in [-0.1, -0.05) is 41.1 Å². The fourth-order valence-corrected chi connectivity index (χ4v) is 2.44. The number of hydrogen-bond donors (Lipinski definition) is 1. The summed E-state index contributed by atoms with van der Waals surface area (Å²) in [5.41, 5.74) is 2.66. The quantitative estimate of drug-likeness (QED) is 0.743. The van der Waals surface area contributed by atoms with E-state index in [1.807, 2.05) is 43.3 Å². The monoisotopic (exact) mass is 337 g/mol. The Hall–Kier alpha value is -3.15. The lowest BCUT2D eigenvalue weighted by molar-refractivity contribution is -0.116. The molecule has 0 atom stereocenters. The van der Waals surface area contributed by atoms with Crippen molar-refractivity contribution in [2.24, 2.45) is 0 Å². The zero-order valence-electron chi connectivity index (χ0n) is 14.2. The van der Waals surface area contributed by atoms with Crippen molar-refractivity contribution >= 4 is 11.6 Å². The first-order valence-electron chi connectivity index (χ1n) is 7.98. The van der Waals surface area contributed by atoms with Gasteiger partial charge in [0.05, 0.1) is 12.8 Å². The maximum Gasteiger partial charge on any atom is 0.227 e. The molecule has 128 valence electrons. The van der Waals surface area contributed by atoms with E-state index in [2.05, 4.69) is 15.5 Å². The van der Waals surface area contributed by atoms with E-state index in [0.29, 0.717) is 29.6 Å². The van der Waals surface area contributed by atoms with Crippen molar-refractivity contribution in [3.8, 4) is 17.1 Å². The number of aromatic nitrogens is 2. The van der Waals surface area contributed by atoms with E-state index in [1.54, 1.807) is 19.2 Å². The minimum absolute atomic E-state index is 0.139. The standard InChI is InChI=1S/C19H19N3O3/c1-13-6-5-7-14(12-13)19-21-18(25-22-19)11-10-17(23)20-15-8-3-4-9-16(15)24-2/h3-9,12H,10-11H2,1-2H3,(H,20,23). The molecule has 3 aromatic rings. The number of carbonyl (C=O) groups excluding carboxylic acids is 1. The van der Waals surface area contributed by atoms with Gasteiger partial charge in [0.2, 0.25) is 17.6 Å².